The van der Waals surface area contributed by atoms with Crippen LogP contribution in [0.2, 0.25) is 0 Å². The van der Waals surface area contributed by atoms with Gasteiger partial charge < -0.3 is 19.3 Å². The first-order chi connectivity index (χ1) is 28.0. The fourth-order valence-corrected chi connectivity index (χ4v) is 8.47. The summed E-state index contributed by atoms with van der Waals surface area (Å²) in [5.74, 6) is 3.33. The summed E-state index contributed by atoms with van der Waals surface area (Å²) >= 11 is 0. The van der Waals surface area contributed by atoms with E-state index in [-0.39, 0.29) is 10.8 Å². The number of para-hydroxylation sites is 2. The van der Waals surface area contributed by atoms with Crippen molar-refractivity contribution < 1.29 is 9.47 Å². The maximum Gasteiger partial charge on any atom is 0.137 e. The predicted molar refractivity (Wildman–Crippen MR) is 242 cm³/mol. The second-order valence-corrected chi connectivity index (χ2v) is 17.5. The zero-order valence-electron chi connectivity index (χ0n) is 33.9. The molecule has 4 nitrogen and oxygen atoms in total. The minimum Gasteiger partial charge on any atom is -0.456 e. The number of fused-ring (bicyclic) bond motifs is 4. The Morgan fingerprint density at radius 3 is 1.00 bits per heavy atom. The molecule has 0 amide bonds. The lowest BCUT2D eigenvalue weighted by atomic mass is 9.87. The Labute approximate surface area is 341 Å². The Kier molecular flexibility index (Phi) is 8.24. The second kappa shape index (κ2) is 13.4. The van der Waals surface area contributed by atoms with E-state index in [9.17, 15) is 0 Å². The molecule has 0 N–H and O–H groups in total. The van der Waals surface area contributed by atoms with Crippen LogP contribution >= 0.6 is 0 Å². The first-order valence-corrected chi connectivity index (χ1v) is 20.2. The lowest BCUT2D eigenvalue weighted by molar-refractivity contribution is 0.475. The van der Waals surface area contributed by atoms with Gasteiger partial charge in [0.1, 0.15) is 23.0 Å². The molecule has 0 atom stereocenters. The maximum atomic E-state index is 6.83. The molecule has 8 aromatic rings. The molecule has 0 bridgehead atoms. The number of ether oxygens (including phenoxy) is 2. The molecule has 4 heteroatoms. The van der Waals surface area contributed by atoms with Gasteiger partial charge in [-0.2, -0.15) is 0 Å². The van der Waals surface area contributed by atoms with E-state index >= 15 is 0 Å². The zero-order valence-corrected chi connectivity index (χ0v) is 33.9. The maximum absolute atomic E-state index is 6.83. The molecule has 284 valence electrons. The molecule has 0 saturated carbocycles. The Morgan fingerprint density at radius 1 is 0.310 bits per heavy atom. The van der Waals surface area contributed by atoms with Crippen LogP contribution in [-0.2, 0) is 10.8 Å². The SMILES string of the molecule is CC(C)(C)c1ccc(N(c2ccccc2)c2ccc3c(c2)Oc2ccc4c5c(ccc-3c25)-c2ccc(N(c3ccccc3)c3ccc(C(C)(C)C)cc3)cc2O4)cc1. The van der Waals surface area contributed by atoms with Gasteiger partial charge in [0, 0.05) is 68.2 Å². The summed E-state index contributed by atoms with van der Waals surface area (Å²) in [6.45, 7) is 13.5. The lowest BCUT2D eigenvalue weighted by Gasteiger charge is -2.30. The molecule has 8 aromatic carbocycles. The van der Waals surface area contributed by atoms with Gasteiger partial charge in [-0.1, -0.05) is 114 Å². The summed E-state index contributed by atoms with van der Waals surface area (Å²) in [5.41, 5.74) is 13.6. The van der Waals surface area contributed by atoms with Crippen molar-refractivity contribution in [2.45, 2.75) is 52.4 Å². The predicted octanol–water partition coefficient (Wildman–Crippen LogP) is 15.9. The largest absolute Gasteiger partial charge is 0.456 e. The lowest BCUT2D eigenvalue weighted by Crippen LogP contribution is -2.13. The van der Waals surface area contributed by atoms with E-state index < -0.39 is 0 Å². The summed E-state index contributed by atoms with van der Waals surface area (Å²) in [6, 6.07) is 60.7. The number of benzene rings is 8. The monoisotopic (exact) mass is 754 g/mol. The topological polar surface area (TPSA) is 24.9 Å². The van der Waals surface area contributed by atoms with Crippen molar-refractivity contribution in [3.63, 3.8) is 0 Å². The van der Waals surface area contributed by atoms with Gasteiger partial charge in [0.05, 0.1) is 0 Å². The summed E-state index contributed by atoms with van der Waals surface area (Å²) < 4.78 is 13.7. The third-order valence-corrected chi connectivity index (χ3v) is 11.6. The van der Waals surface area contributed by atoms with Crippen LogP contribution in [0.25, 0.3) is 33.0 Å². The molecule has 0 aliphatic carbocycles. The number of hydrogen-bond donors (Lipinski definition) is 0. The zero-order chi connectivity index (χ0) is 39.8. The van der Waals surface area contributed by atoms with Crippen molar-refractivity contribution in [2.75, 3.05) is 9.80 Å². The standard InChI is InChI=1S/C54H46N2O2/c1-53(2,3)35-17-21-39(22-18-35)55(37-13-9-7-10-14-37)41-25-27-43-45-29-30-46-44-28-26-42(34-50(44)58-48-32-31-47(51(45)52(46)48)57-49(43)33-41)56(38-15-11-8-12-16-38)40-23-19-36(20-24-40)54(4,5)6/h7-34H,1-6H3. The molecule has 58 heavy (non-hydrogen) atoms. The van der Waals surface area contributed by atoms with Crippen molar-refractivity contribution in [1.82, 2.24) is 0 Å². The van der Waals surface area contributed by atoms with Crippen LogP contribution in [0.3, 0.4) is 0 Å². The molecule has 2 heterocycles. The molecular weight excluding hydrogens is 709 g/mol. The van der Waals surface area contributed by atoms with E-state index in [0.29, 0.717) is 0 Å². The minimum atomic E-state index is 0.0728. The van der Waals surface area contributed by atoms with Crippen molar-refractivity contribution in [3.8, 4) is 45.3 Å². The second-order valence-electron chi connectivity index (χ2n) is 17.5. The summed E-state index contributed by atoms with van der Waals surface area (Å²) in [4.78, 5) is 4.59. The first-order valence-electron chi connectivity index (χ1n) is 20.2. The van der Waals surface area contributed by atoms with Crippen molar-refractivity contribution >= 4 is 44.9 Å². The Hall–Kier alpha value is -6.78. The normalized spacial score (nSPS) is 12.6. The van der Waals surface area contributed by atoms with Crippen LogP contribution in [0.1, 0.15) is 52.7 Å². The summed E-state index contributed by atoms with van der Waals surface area (Å²) in [7, 11) is 0. The summed E-state index contributed by atoms with van der Waals surface area (Å²) in [6.07, 6.45) is 0. The average Bonchev–Trinajstić information content (AvgIpc) is 3.23. The van der Waals surface area contributed by atoms with Crippen LogP contribution in [0.5, 0.6) is 23.0 Å². The van der Waals surface area contributed by atoms with E-state index in [2.05, 4.69) is 221 Å². The Morgan fingerprint density at radius 2 is 0.638 bits per heavy atom. The number of nitrogens with zero attached hydrogens (tertiary/aromatic N) is 2. The highest BCUT2D eigenvalue weighted by Crippen LogP contribution is 2.56. The first kappa shape index (κ1) is 35.6. The van der Waals surface area contributed by atoms with Gasteiger partial charge in [-0.3, -0.25) is 0 Å². The Balaban J connectivity index is 1.04. The highest BCUT2D eigenvalue weighted by molar-refractivity contribution is 6.14. The van der Waals surface area contributed by atoms with E-state index in [4.69, 9.17) is 9.47 Å². The van der Waals surface area contributed by atoms with Crippen LogP contribution in [0.15, 0.2) is 170 Å². The molecule has 0 spiro atoms. The molecule has 2 aliphatic rings. The van der Waals surface area contributed by atoms with Crippen LogP contribution < -0.4 is 19.3 Å². The highest BCUT2D eigenvalue weighted by Gasteiger charge is 2.29. The van der Waals surface area contributed by atoms with Crippen molar-refractivity contribution in [1.29, 1.82) is 0 Å². The van der Waals surface area contributed by atoms with E-state index in [1.54, 1.807) is 0 Å². The molecular formula is C54H46N2O2. The fourth-order valence-electron chi connectivity index (χ4n) is 8.47. The van der Waals surface area contributed by atoms with Gasteiger partial charge in [-0.15, -0.1) is 0 Å². The van der Waals surface area contributed by atoms with Crippen LogP contribution in [0.4, 0.5) is 34.1 Å². The van der Waals surface area contributed by atoms with Crippen molar-refractivity contribution in [3.05, 3.63) is 181 Å². The molecule has 0 fully saturated rings. The quantitative estimate of drug-likeness (QED) is 0.169. The molecule has 2 aliphatic heterocycles. The fraction of sp³-hybridized carbons (Fsp3) is 0.148. The van der Waals surface area contributed by atoms with Gasteiger partial charge in [-0.05, 0) is 118 Å². The van der Waals surface area contributed by atoms with Crippen molar-refractivity contribution in [2.24, 2.45) is 0 Å². The smallest absolute Gasteiger partial charge is 0.137 e. The number of hydrogen-bond acceptors (Lipinski definition) is 4. The average molecular weight is 755 g/mol. The molecule has 10 rings (SSSR count). The van der Waals surface area contributed by atoms with E-state index in [1.165, 1.54) is 11.1 Å². The molecule has 0 saturated heterocycles. The van der Waals surface area contributed by atoms with Crippen LogP contribution in [0, 0.1) is 0 Å². The Bertz CT molecular complexity index is 2630. The van der Waals surface area contributed by atoms with Crippen LogP contribution in [-0.4, -0.2) is 0 Å². The summed E-state index contributed by atoms with van der Waals surface area (Å²) in [5, 5.41) is 2.15. The van der Waals surface area contributed by atoms with Gasteiger partial charge in [0.25, 0.3) is 0 Å². The number of rotatable bonds is 6. The van der Waals surface area contributed by atoms with Gasteiger partial charge in [0.2, 0.25) is 0 Å². The third-order valence-electron chi connectivity index (χ3n) is 11.6. The van der Waals surface area contributed by atoms with E-state index in [0.717, 1.165) is 90.1 Å². The third kappa shape index (κ3) is 6.08. The van der Waals surface area contributed by atoms with Gasteiger partial charge in [-0.25, -0.2) is 0 Å². The molecule has 0 radical (unpaired) electrons. The van der Waals surface area contributed by atoms with E-state index in [1.807, 2.05) is 0 Å². The molecule has 0 aromatic heterocycles. The van der Waals surface area contributed by atoms with Gasteiger partial charge >= 0.3 is 0 Å². The highest BCUT2D eigenvalue weighted by atomic mass is 16.5. The minimum absolute atomic E-state index is 0.0728. The van der Waals surface area contributed by atoms with Gasteiger partial charge in [0.15, 0.2) is 0 Å². The number of anilines is 6. The molecule has 0 unspecified atom stereocenters.